The second-order valence-corrected chi connectivity index (χ2v) is 10.4. The number of hydrogen-bond acceptors (Lipinski definition) is 6. The fourth-order valence-electron chi connectivity index (χ4n) is 3.66. The minimum absolute atomic E-state index is 0.0826. The number of aryl methyl sites for hydroxylation is 2. The molecule has 10 heteroatoms. The maximum atomic E-state index is 12.9. The van der Waals surface area contributed by atoms with Gasteiger partial charge in [0, 0.05) is 5.69 Å². The first-order valence-corrected chi connectivity index (χ1v) is 13.1. The summed E-state index contributed by atoms with van der Waals surface area (Å²) in [4.78, 5) is 39.2. The Kier molecular flexibility index (Phi) is 8.66. The third-order valence-corrected chi connectivity index (χ3v) is 7.48. The van der Waals surface area contributed by atoms with Crippen molar-refractivity contribution in [1.29, 1.82) is 0 Å². The van der Waals surface area contributed by atoms with Crippen molar-refractivity contribution in [2.45, 2.75) is 20.4 Å². The van der Waals surface area contributed by atoms with Crippen LogP contribution in [0.2, 0.25) is 10.0 Å². The maximum absolute atomic E-state index is 12.9. The summed E-state index contributed by atoms with van der Waals surface area (Å²) in [5.74, 6) is 0.0313. The molecular weight excluding hydrogens is 547 g/mol. The third kappa shape index (κ3) is 6.51. The number of carbonyl (C=O) groups is 3. The number of imide groups is 1. The molecule has 3 aromatic rings. The number of ether oxygens (including phenoxy) is 2. The van der Waals surface area contributed by atoms with Gasteiger partial charge in [0.25, 0.3) is 17.1 Å². The molecule has 4 rings (SSSR count). The van der Waals surface area contributed by atoms with Crippen molar-refractivity contribution >= 4 is 63.8 Å². The highest BCUT2D eigenvalue weighted by atomic mass is 35.5. The predicted molar refractivity (Wildman–Crippen MR) is 151 cm³/mol. The quantitative estimate of drug-likeness (QED) is 0.297. The number of rotatable bonds is 8. The SMILES string of the molecule is COc1cc(/C=C2/SC(=O)N(Cc3ccc(Cl)c(Cl)c3)C2=O)ccc1OCC(=O)Nc1ccc(C)c(C)c1. The first-order valence-electron chi connectivity index (χ1n) is 11.5. The predicted octanol–water partition coefficient (Wildman–Crippen LogP) is 6.87. The Hall–Kier alpha value is -3.46. The summed E-state index contributed by atoms with van der Waals surface area (Å²) < 4.78 is 11.1. The molecule has 1 saturated heterocycles. The lowest BCUT2D eigenvalue weighted by Gasteiger charge is -2.13. The molecule has 1 heterocycles. The standard InChI is InChI=1S/C28H24Cl2N2O5S/c1-16-4-7-20(10-17(16)2)31-26(33)15-37-23-9-6-18(12-24(23)36-3)13-25-27(34)32(28(35)38-25)14-19-5-8-21(29)22(30)11-19/h4-13H,14-15H2,1-3H3,(H,31,33)/b25-13+. The van der Waals surface area contributed by atoms with Crippen LogP contribution in [0, 0.1) is 13.8 Å². The van der Waals surface area contributed by atoms with Crippen molar-refractivity contribution in [3.05, 3.63) is 91.8 Å². The Bertz CT molecular complexity index is 1460. The van der Waals surface area contributed by atoms with Crippen molar-refractivity contribution in [2.75, 3.05) is 19.0 Å². The van der Waals surface area contributed by atoms with Crippen LogP contribution in [0.25, 0.3) is 6.08 Å². The molecule has 0 spiro atoms. The molecule has 3 aromatic carbocycles. The fourth-order valence-corrected chi connectivity index (χ4v) is 4.82. The molecule has 196 valence electrons. The van der Waals surface area contributed by atoms with E-state index in [0.717, 1.165) is 27.8 Å². The van der Waals surface area contributed by atoms with Crippen molar-refractivity contribution in [1.82, 2.24) is 4.90 Å². The van der Waals surface area contributed by atoms with Gasteiger partial charge in [0.1, 0.15) is 0 Å². The number of hydrogen-bond donors (Lipinski definition) is 1. The van der Waals surface area contributed by atoms with E-state index in [9.17, 15) is 14.4 Å². The van der Waals surface area contributed by atoms with Crippen molar-refractivity contribution in [3.8, 4) is 11.5 Å². The average molecular weight is 571 g/mol. The van der Waals surface area contributed by atoms with Gasteiger partial charge in [0.15, 0.2) is 18.1 Å². The molecule has 0 radical (unpaired) electrons. The van der Waals surface area contributed by atoms with Crippen molar-refractivity contribution in [3.63, 3.8) is 0 Å². The van der Waals surface area contributed by atoms with Crippen LogP contribution in [-0.4, -0.2) is 35.7 Å². The zero-order valence-electron chi connectivity index (χ0n) is 20.8. The first kappa shape index (κ1) is 27.6. The molecule has 1 fully saturated rings. The first-order chi connectivity index (χ1) is 18.1. The molecule has 0 aromatic heterocycles. The third-order valence-electron chi connectivity index (χ3n) is 5.83. The summed E-state index contributed by atoms with van der Waals surface area (Å²) in [5.41, 5.74) is 4.23. The molecule has 0 atom stereocenters. The normalized spacial score (nSPS) is 14.2. The van der Waals surface area contributed by atoms with E-state index in [0.29, 0.717) is 38.4 Å². The summed E-state index contributed by atoms with van der Waals surface area (Å²) in [7, 11) is 1.48. The number of halogens is 2. The van der Waals surface area contributed by atoms with Crippen molar-refractivity contribution in [2.24, 2.45) is 0 Å². The summed E-state index contributed by atoms with van der Waals surface area (Å²) in [5, 5.41) is 3.17. The lowest BCUT2D eigenvalue weighted by molar-refractivity contribution is -0.123. The van der Waals surface area contributed by atoms with E-state index in [1.807, 2.05) is 32.0 Å². The molecule has 38 heavy (non-hydrogen) atoms. The van der Waals surface area contributed by atoms with E-state index >= 15 is 0 Å². The van der Waals surface area contributed by atoms with Gasteiger partial charge in [-0.1, -0.05) is 41.4 Å². The lowest BCUT2D eigenvalue weighted by Crippen LogP contribution is -2.27. The molecule has 0 saturated carbocycles. The largest absolute Gasteiger partial charge is 0.493 e. The van der Waals surface area contributed by atoms with Crippen LogP contribution in [-0.2, 0) is 16.1 Å². The van der Waals surface area contributed by atoms with Gasteiger partial charge in [-0.15, -0.1) is 0 Å². The monoisotopic (exact) mass is 570 g/mol. The van der Waals surface area contributed by atoms with E-state index in [4.69, 9.17) is 32.7 Å². The second kappa shape index (κ2) is 11.9. The van der Waals surface area contributed by atoms with Gasteiger partial charge in [0.05, 0.1) is 28.6 Å². The molecule has 1 aliphatic heterocycles. The van der Waals surface area contributed by atoms with Gasteiger partial charge in [-0.3, -0.25) is 19.3 Å². The lowest BCUT2D eigenvalue weighted by atomic mass is 10.1. The van der Waals surface area contributed by atoms with Crippen LogP contribution >= 0.6 is 35.0 Å². The van der Waals surface area contributed by atoms with Gasteiger partial charge >= 0.3 is 0 Å². The highest BCUT2D eigenvalue weighted by Crippen LogP contribution is 2.36. The van der Waals surface area contributed by atoms with Crippen molar-refractivity contribution < 1.29 is 23.9 Å². The fraction of sp³-hybridized carbons (Fsp3) is 0.179. The number of nitrogens with one attached hydrogen (secondary N) is 1. The Morgan fingerprint density at radius 1 is 0.974 bits per heavy atom. The Morgan fingerprint density at radius 3 is 2.47 bits per heavy atom. The van der Waals surface area contributed by atoms with Gasteiger partial charge in [-0.25, -0.2) is 0 Å². The Morgan fingerprint density at radius 2 is 1.76 bits per heavy atom. The molecule has 0 bridgehead atoms. The molecule has 1 N–H and O–H groups in total. The molecule has 1 aliphatic rings. The highest BCUT2D eigenvalue weighted by Gasteiger charge is 2.35. The molecule has 7 nitrogen and oxygen atoms in total. The molecule has 0 unspecified atom stereocenters. The van der Waals surface area contributed by atoms with Gasteiger partial charge in [-0.2, -0.15) is 0 Å². The van der Waals surface area contributed by atoms with Crippen LogP contribution in [0.1, 0.15) is 22.3 Å². The number of benzene rings is 3. The number of nitrogens with zero attached hydrogens (tertiary/aromatic N) is 1. The minimum Gasteiger partial charge on any atom is -0.493 e. The van der Waals surface area contributed by atoms with Gasteiger partial charge in [0.2, 0.25) is 0 Å². The number of amides is 3. The summed E-state index contributed by atoms with van der Waals surface area (Å²) in [6, 6.07) is 15.7. The molecule has 3 amide bonds. The number of thioether (sulfide) groups is 1. The summed E-state index contributed by atoms with van der Waals surface area (Å²) >= 11 is 12.9. The zero-order chi connectivity index (χ0) is 27.4. The van der Waals surface area contributed by atoms with Crippen LogP contribution in [0.15, 0.2) is 59.5 Å². The number of methoxy groups -OCH3 is 1. The summed E-state index contributed by atoms with van der Waals surface area (Å²) in [6.45, 7) is 3.85. The second-order valence-electron chi connectivity index (χ2n) is 8.56. The Labute approximate surface area is 234 Å². The van der Waals surface area contributed by atoms with Gasteiger partial charge < -0.3 is 14.8 Å². The highest BCUT2D eigenvalue weighted by molar-refractivity contribution is 8.18. The maximum Gasteiger partial charge on any atom is 0.293 e. The number of carbonyl (C=O) groups excluding carboxylic acids is 3. The Balaban J connectivity index is 1.42. The summed E-state index contributed by atoms with van der Waals surface area (Å²) in [6.07, 6.45) is 1.61. The molecular formula is C28H24Cl2N2O5S. The van der Waals surface area contributed by atoms with E-state index < -0.39 is 5.91 Å². The van der Waals surface area contributed by atoms with Gasteiger partial charge in [-0.05, 0) is 90.3 Å². The topological polar surface area (TPSA) is 84.9 Å². The molecule has 0 aliphatic carbocycles. The van der Waals surface area contributed by atoms with Crippen LogP contribution < -0.4 is 14.8 Å². The van der Waals surface area contributed by atoms with E-state index in [1.54, 1.807) is 42.5 Å². The zero-order valence-corrected chi connectivity index (χ0v) is 23.2. The number of anilines is 1. The van der Waals surface area contributed by atoms with E-state index in [2.05, 4.69) is 5.32 Å². The minimum atomic E-state index is -0.409. The van der Waals surface area contributed by atoms with Crippen LogP contribution in [0.3, 0.4) is 0 Å². The van der Waals surface area contributed by atoms with Crippen LogP contribution in [0.4, 0.5) is 10.5 Å². The van der Waals surface area contributed by atoms with E-state index in [1.165, 1.54) is 7.11 Å². The average Bonchev–Trinajstić information content (AvgIpc) is 3.14. The van der Waals surface area contributed by atoms with Crippen LogP contribution in [0.5, 0.6) is 11.5 Å². The van der Waals surface area contributed by atoms with E-state index in [-0.39, 0.29) is 29.2 Å². The smallest absolute Gasteiger partial charge is 0.293 e.